The maximum Gasteiger partial charge on any atom is 0.0929 e. The third-order valence-corrected chi connectivity index (χ3v) is 3.95. The molecular formula is C9H18ClN. The van der Waals surface area contributed by atoms with Gasteiger partial charge in [-0.1, -0.05) is 13.8 Å². The highest BCUT2D eigenvalue weighted by Gasteiger charge is 2.55. The van der Waals surface area contributed by atoms with Crippen molar-refractivity contribution in [3.8, 4) is 0 Å². The van der Waals surface area contributed by atoms with Crippen LogP contribution in [0.15, 0.2) is 0 Å². The molecule has 1 saturated carbocycles. The predicted octanol–water partition coefficient (Wildman–Crippen LogP) is -2.68. The van der Waals surface area contributed by atoms with Gasteiger partial charge < -0.3 is 17.3 Å². The van der Waals surface area contributed by atoms with Crippen molar-refractivity contribution in [2.24, 2.45) is 11.3 Å². The van der Waals surface area contributed by atoms with Crippen LogP contribution in [0.1, 0.15) is 26.7 Å². The van der Waals surface area contributed by atoms with E-state index in [4.69, 9.17) is 0 Å². The van der Waals surface area contributed by atoms with Crippen molar-refractivity contribution in [2.45, 2.75) is 32.7 Å². The van der Waals surface area contributed by atoms with E-state index in [0.29, 0.717) is 5.41 Å². The Kier molecular flexibility index (Phi) is 2.24. The van der Waals surface area contributed by atoms with Gasteiger partial charge >= 0.3 is 0 Å². The molecule has 2 bridgehead atoms. The number of quaternary nitrogens is 1. The Morgan fingerprint density at radius 1 is 1.36 bits per heavy atom. The lowest BCUT2D eigenvalue weighted by Crippen LogP contribution is -3.18. The maximum atomic E-state index is 2.44. The molecule has 1 nitrogen and oxygen atoms in total. The van der Waals surface area contributed by atoms with Crippen molar-refractivity contribution in [1.82, 2.24) is 0 Å². The summed E-state index contributed by atoms with van der Waals surface area (Å²) in [7, 11) is 2.35. The number of hydrogen-bond acceptors (Lipinski definition) is 0. The summed E-state index contributed by atoms with van der Waals surface area (Å²) in [4.78, 5) is 1.77. The van der Waals surface area contributed by atoms with Gasteiger partial charge in [0, 0.05) is 18.3 Å². The third kappa shape index (κ3) is 1.09. The van der Waals surface area contributed by atoms with E-state index in [0.717, 1.165) is 12.0 Å². The smallest absolute Gasteiger partial charge is 0.0929 e. The van der Waals surface area contributed by atoms with E-state index in [-0.39, 0.29) is 12.4 Å². The summed E-state index contributed by atoms with van der Waals surface area (Å²) in [5.41, 5.74) is 0.669. The van der Waals surface area contributed by atoms with E-state index < -0.39 is 0 Å². The molecule has 66 valence electrons. The Morgan fingerprint density at radius 3 is 2.27 bits per heavy atom. The lowest BCUT2D eigenvalue weighted by atomic mass is 9.55. The van der Waals surface area contributed by atoms with Gasteiger partial charge in [-0.25, -0.2) is 0 Å². The van der Waals surface area contributed by atoms with Crippen molar-refractivity contribution < 1.29 is 17.3 Å². The van der Waals surface area contributed by atoms with Crippen LogP contribution in [0.3, 0.4) is 0 Å². The van der Waals surface area contributed by atoms with E-state index in [1.807, 2.05) is 0 Å². The van der Waals surface area contributed by atoms with Crippen LogP contribution in [0.25, 0.3) is 0 Å². The minimum atomic E-state index is 0. The second kappa shape index (κ2) is 2.63. The lowest BCUT2D eigenvalue weighted by Gasteiger charge is -2.57. The molecule has 3 rings (SSSR count). The number of nitrogens with one attached hydrogen (secondary N) is 1. The molecule has 1 aliphatic carbocycles. The van der Waals surface area contributed by atoms with Gasteiger partial charge in [0.1, 0.15) is 0 Å². The van der Waals surface area contributed by atoms with Crippen LogP contribution >= 0.6 is 0 Å². The van der Waals surface area contributed by atoms with E-state index in [1.54, 1.807) is 4.90 Å². The van der Waals surface area contributed by atoms with Gasteiger partial charge in [-0.05, 0) is 5.92 Å². The third-order valence-electron chi connectivity index (χ3n) is 3.95. The summed E-state index contributed by atoms with van der Waals surface area (Å²) in [6.45, 7) is 6.29. The van der Waals surface area contributed by atoms with Gasteiger partial charge in [-0.3, -0.25) is 0 Å². The average molecular weight is 176 g/mol. The topological polar surface area (TPSA) is 4.44 Å². The summed E-state index contributed by atoms with van der Waals surface area (Å²) in [5, 5.41) is 0. The van der Waals surface area contributed by atoms with Gasteiger partial charge in [0.05, 0.1) is 19.6 Å². The van der Waals surface area contributed by atoms with Gasteiger partial charge in [-0.2, -0.15) is 0 Å². The summed E-state index contributed by atoms with van der Waals surface area (Å²) < 4.78 is 0. The second-order valence-corrected chi connectivity index (χ2v) is 4.69. The van der Waals surface area contributed by atoms with Crippen molar-refractivity contribution in [3.63, 3.8) is 0 Å². The van der Waals surface area contributed by atoms with Crippen molar-refractivity contribution in [1.29, 1.82) is 0 Å². The molecule has 0 aromatic rings. The molecule has 3 atom stereocenters. The van der Waals surface area contributed by atoms with Crippen LogP contribution in [0.2, 0.25) is 0 Å². The molecule has 3 fully saturated rings. The Morgan fingerprint density at radius 2 is 2.00 bits per heavy atom. The van der Waals surface area contributed by atoms with E-state index in [9.17, 15) is 0 Å². The molecule has 3 aliphatic rings. The maximum absolute atomic E-state index is 2.44. The highest BCUT2D eigenvalue weighted by molar-refractivity contribution is 4.98. The second-order valence-electron chi connectivity index (χ2n) is 4.69. The molecule has 0 aromatic carbocycles. The Bertz CT molecular complexity index is 154. The van der Waals surface area contributed by atoms with Gasteiger partial charge in [0.15, 0.2) is 0 Å². The van der Waals surface area contributed by atoms with E-state index in [1.165, 1.54) is 19.4 Å². The minimum Gasteiger partial charge on any atom is -1.00 e. The predicted molar refractivity (Wildman–Crippen MR) is 42.0 cm³/mol. The number of fused-ring (bicyclic) bond motifs is 2. The number of halogens is 1. The SMILES string of the molecule is C[NH+]1CC[C@H]2C[C@@H]1C2(C)C.[Cl-]. The molecule has 0 amide bonds. The first-order chi connectivity index (χ1) is 4.62. The fraction of sp³-hybridized carbons (Fsp3) is 1.00. The normalized spacial score (nSPS) is 45.5. The lowest BCUT2D eigenvalue weighted by molar-refractivity contribution is -0.936. The highest BCUT2D eigenvalue weighted by atomic mass is 35.5. The zero-order valence-corrected chi connectivity index (χ0v) is 8.41. The van der Waals surface area contributed by atoms with Crippen molar-refractivity contribution >= 4 is 0 Å². The van der Waals surface area contributed by atoms with Crippen LogP contribution in [-0.2, 0) is 0 Å². The Hall–Kier alpha value is 0.250. The first kappa shape index (κ1) is 9.34. The molecular weight excluding hydrogens is 158 g/mol. The molecule has 0 radical (unpaired) electrons. The molecule has 1 N–H and O–H groups in total. The molecule has 2 heterocycles. The summed E-state index contributed by atoms with van der Waals surface area (Å²) in [6, 6.07) is 0.978. The molecule has 1 unspecified atom stereocenters. The monoisotopic (exact) mass is 175 g/mol. The largest absolute Gasteiger partial charge is 1.00 e. The van der Waals surface area contributed by atoms with Crippen LogP contribution in [0, 0.1) is 11.3 Å². The summed E-state index contributed by atoms with van der Waals surface area (Å²) >= 11 is 0. The van der Waals surface area contributed by atoms with Crippen LogP contribution in [-0.4, -0.2) is 19.6 Å². The quantitative estimate of drug-likeness (QED) is 0.410. The molecule has 2 aliphatic heterocycles. The van der Waals surface area contributed by atoms with E-state index >= 15 is 0 Å². The Balaban J connectivity index is 0.000000605. The standard InChI is InChI=1S/C9H17N.ClH/c1-9(2)7-4-5-10(3)8(9)6-7;/h7-8H,4-6H2,1-3H3;1H/t7-,8+;/m0./s1. The number of piperidine rings is 2. The first-order valence-corrected chi connectivity index (χ1v) is 4.44. The fourth-order valence-corrected chi connectivity index (χ4v) is 2.92. The van der Waals surface area contributed by atoms with Gasteiger partial charge in [0.2, 0.25) is 0 Å². The first-order valence-electron chi connectivity index (χ1n) is 4.44. The molecule has 0 spiro atoms. The van der Waals surface area contributed by atoms with Gasteiger partial charge in [0.25, 0.3) is 0 Å². The Labute approximate surface area is 75.6 Å². The minimum absolute atomic E-state index is 0. The highest BCUT2D eigenvalue weighted by Crippen LogP contribution is 2.48. The number of rotatable bonds is 0. The van der Waals surface area contributed by atoms with Crippen LogP contribution in [0.4, 0.5) is 0 Å². The average Bonchev–Trinajstić information content (AvgIpc) is 1.87. The zero-order valence-electron chi connectivity index (χ0n) is 7.65. The van der Waals surface area contributed by atoms with Crippen molar-refractivity contribution in [3.05, 3.63) is 0 Å². The van der Waals surface area contributed by atoms with Crippen molar-refractivity contribution in [2.75, 3.05) is 13.6 Å². The molecule has 0 aromatic heterocycles. The molecule has 2 saturated heterocycles. The summed E-state index contributed by atoms with van der Waals surface area (Å²) in [5.74, 6) is 1.06. The molecule has 2 heteroatoms. The summed E-state index contributed by atoms with van der Waals surface area (Å²) in [6.07, 6.45) is 2.97. The van der Waals surface area contributed by atoms with Crippen LogP contribution < -0.4 is 17.3 Å². The van der Waals surface area contributed by atoms with Gasteiger partial charge in [-0.15, -0.1) is 0 Å². The van der Waals surface area contributed by atoms with E-state index in [2.05, 4.69) is 20.9 Å². The fourth-order valence-electron chi connectivity index (χ4n) is 2.92. The number of hydrogen-bond donors (Lipinski definition) is 1. The zero-order chi connectivity index (χ0) is 7.35. The molecule has 11 heavy (non-hydrogen) atoms. The van der Waals surface area contributed by atoms with Crippen LogP contribution in [0.5, 0.6) is 0 Å².